The van der Waals surface area contributed by atoms with Gasteiger partial charge in [-0.15, -0.1) is 0 Å². The molecule has 4 rings (SSSR count). The average Bonchev–Trinajstić information content (AvgIpc) is 3.19. The maximum Gasteiger partial charge on any atom is 0.130 e. The summed E-state index contributed by atoms with van der Waals surface area (Å²) in [7, 11) is 0. The standard InChI is InChI=1S/C25H24F2N2O2/c1-3-21(25-28-23-12-10-20(30-4-2)14-24(23)29-25)16-5-8-19(9-6-16)31-15-17-13-18(26)7-11-22(17)27/h5-14,21H,3-4,15H2,1-2H3,(H,28,29). The predicted molar refractivity (Wildman–Crippen MR) is 117 cm³/mol. The molecule has 0 aliphatic rings. The number of nitrogens with zero attached hydrogens (tertiary/aromatic N) is 1. The van der Waals surface area contributed by atoms with Gasteiger partial charge in [0.15, 0.2) is 0 Å². The van der Waals surface area contributed by atoms with Crippen LogP contribution in [-0.4, -0.2) is 16.6 Å². The van der Waals surface area contributed by atoms with Crippen molar-refractivity contribution < 1.29 is 18.3 Å². The van der Waals surface area contributed by atoms with E-state index >= 15 is 0 Å². The van der Waals surface area contributed by atoms with Gasteiger partial charge in [0.2, 0.25) is 0 Å². The molecule has 0 aliphatic heterocycles. The first kappa shape index (κ1) is 20.8. The highest BCUT2D eigenvalue weighted by Crippen LogP contribution is 2.30. The Kier molecular flexibility index (Phi) is 6.16. The summed E-state index contributed by atoms with van der Waals surface area (Å²) in [5.41, 5.74) is 3.12. The van der Waals surface area contributed by atoms with E-state index in [9.17, 15) is 8.78 Å². The summed E-state index contributed by atoms with van der Waals surface area (Å²) in [5, 5.41) is 0. The van der Waals surface area contributed by atoms with Crippen molar-refractivity contribution in [2.24, 2.45) is 0 Å². The van der Waals surface area contributed by atoms with Crippen molar-refractivity contribution in [3.63, 3.8) is 0 Å². The number of rotatable bonds is 8. The number of ether oxygens (including phenoxy) is 2. The Bertz CT molecular complexity index is 1170. The third-order valence-corrected chi connectivity index (χ3v) is 5.21. The molecule has 1 aromatic heterocycles. The molecule has 0 radical (unpaired) electrons. The van der Waals surface area contributed by atoms with Gasteiger partial charge in [-0.25, -0.2) is 13.8 Å². The van der Waals surface area contributed by atoms with Gasteiger partial charge in [-0.3, -0.25) is 0 Å². The van der Waals surface area contributed by atoms with Crippen LogP contribution in [0.2, 0.25) is 0 Å². The fourth-order valence-electron chi connectivity index (χ4n) is 3.63. The van der Waals surface area contributed by atoms with Crippen molar-refractivity contribution in [2.45, 2.75) is 32.8 Å². The Morgan fingerprint density at radius 1 is 0.903 bits per heavy atom. The molecular weight excluding hydrogens is 398 g/mol. The van der Waals surface area contributed by atoms with Crippen LogP contribution in [0.15, 0.2) is 60.7 Å². The number of imidazole rings is 1. The Hall–Kier alpha value is -3.41. The van der Waals surface area contributed by atoms with Crippen LogP contribution in [0.1, 0.15) is 43.1 Å². The van der Waals surface area contributed by atoms with Crippen LogP contribution in [0.5, 0.6) is 11.5 Å². The summed E-state index contributed by atoms with van der Waals surface area (Å²) in [6.45, 7) is 4.65. The lowest BCUT2D eigenvalue weighted by Crippen LogP contribution is -2.03. The van der Waals surface area contributed by atoms with Gasteiger partial charge in [-0.1, -0.05) is 19.1 Å². The second kappa shape index (κ2) is 9.16. The van der Waals surface area contributed by atoms with E-state index in [1.165, 1.54) is 0 Å². The van der Waals surface area contributed by atoms with Crippen LogP contribution in [0.25, 0.3) is 11.0 Å². The Balaban J connectivity index is 1.50. The van der Waals surface area contributed by atoms with Crippen LogP contribution in [0.3, 0.4) is 0 Å². The monoisotopic (exact) mass is 422 g/mol. The highest BCUT2D eigenvalue weighted by molar-refractivity contribution is 5.77. The number of H-pyrrole nitrogens is 1. The maximum atomic E-state index is 13.8. The van der Waals surface area contributed by atoms with Crippen molar-refractivity contribution in [1.29, 1.82) is 0 Å². The fourth-order valence-corrected chi connectivity index (χ4v) is 3.63. The minimum atomic E-state index is -0.486. The van der Waals surface area contributed by atoms with Crippen LogP contribution in [-0.2, 0) is 6.61 Å². The van der Waals surface area contributed by atoms with Crippen LogP contribution >= 0.6 is 0 Å². The molecule has 1 N–H and O–H groups in total. The number of fused-ring (bicyclic) bond motifs is 1. The number of hydrogen-bond donors (Lipinski definition) is 1. The summed E-state index contributed by atoms with van der Waals surface area (Å²) >= 11 is 0. The minimum absolute atomic E-state index is 0.0358. The highest BCUT2D eigenvalue weighted by Gasteiger charge is 2.17. The van der Waals surface area contributed by atoms with Crippen LogP contribution in [0, 0.1) is 11.6 Å². The molecule has 4 aromatic rings. The molecule has 0 saturated heterocycles. The van der Waals surface area contributed by atoms with Gasteiger partial charge in [0, 0.05) is 17.5 Å². The number of aromatic nitrogens is 2. The number of hydrogen-bond acceptors (Lipinski definition) is 3. The molecule has 0 amide bonds. The van der Waals surface area contributed by atoms with E-state index in [2.05, 4.69) is 11.9 Å². The molecule has 0 saturated carbocycles. The Labute approximate surface area is 179 Å². The number of halogens is 2. The molecule has 0 spiro atoms. The molecule has 6 heteroatoms. The van der Waals surface area contributed by atoms with Crippen molar-refractivity contribution in [3.8, 4) is 11.5 Å². The first-order chi connectivity index (χ1) is 15.1. The SMILES string of the molecule is CCOc1ccc2nc(C(CC)c3ccc(OCc4cc(F)ccc4F)cc3)[nH]c2c1. The second-order valence-electron chi connectivity index (χ2n) is 7.29. The minimum Gasteiger partial charge on any atom is -0.494 e. The molecule has 3 aromatic carbocycles. The zero-order valence-corrected chi connectivity index (χ0v) is 17.5. The lowest BCUT2D eigenvalue weighted by Gasteiger charge is -2.14. The predicted octanol–water partition coefficient (Wildman–Crippen LogP) is 6.36. The summed E-state index contributed by atoms with van der Waals surface area (Å²) < 4.78 is 38.3. The van der Waals surface area contributed by atoms with E-state index < -0.39 is 11.6 Å². The molecule has 0 fully saturated rings. The third kappa shape index (κ3) is 4.68. The van der Waals surface area contributed by atoms with Crippen molar-refractivity contribution in [1.82, 2.24) is 9.97 Å². The van der Waals surface area contributed by atoms with E-state index in [0.717, 1.165) is 52.8 Å². The molecule has 1 heterocycles. The first-order valence-electron chi connectivity index (χ1n) is 10.4. The van der Waals surface area contributed by atoms with Gasteiger partial charge in [0.25, 0.3) is 0 Å². The first-order valence-corrected chi connectivity index (χ1v) is 10.4. The summed E-state index contributed by atoms with van der Waals surface area (Å²) in [4.78, 5) is 8.18. The Morgan fingerprint density at radius 2 is 1.68 bits per heavy atom. The van der Waals surface area contributed by atoms with E-state index in [-0.39, 0.29) is 18.1 Å². The molecule has 0 bridgehead atoms. The van der Waals surface area contributed by atoms with E-state index in [0.29, 0.717) is 12.4 Å². The molecule has 160 valence electrons. The van der Waals surface area contributed by atoms with Crippen molar-refractivity contribution in [2.75, 3.05) is 6.61 Å². The molecule has 1 unspecified atom stereocenters. The third-order valence-electron chi connectivity index (χ3n) is 5.21. The summed E-state index contributed by atoms with van der Waals surface area (Å²) in [5.74, 6) is 1.42. The van der Waals surface area contributed by atoms with E-state index in [1.807, 2.05) is 49.4 Å². The topological polar surface area (TPSA) is 47.1 Å². The number of aromatic amines is 1. The molecule has 31 heavy (non-hydrogen) atoms. The maximum absolute atomic E-state index is 13.8. The number of benzene rings is 3. The van der Waals surface area contributed by atoms with Gasteiger partial charge in [0.05, 0.1) is 17.6 Å². The molecule has 1 atom stereocenters. The zero-order valence-electron chi connectivity index (χ0n) is 17.5. The van der Waals surface area contributed by atoms with Gasteiger partial charge >= 0.3 is 0 Å². The zero-order chi connectivity index (χ0) is 21.8. The Morgan fingerprint density at radius 3 is 2.42 bits per heavy atom. The smallest absolute Gasteiger partial charge is 0.130 e. The highest BCUT2D eigenvalue weighted by atomic mass is 19.1. The van der Waals surface area contributed by atoms with Gasteiger partial charge < -0.3 is 14.5 Å². The average molecular weight is 422 g/mol. The van der Waals surface area contributed by atoms with Crippen molar-refractivity contribution in [3.05, 3.63) is 89.2 Å². The fraction of sp³-hybridized carbons (Fsp3) is 0.240. The van der Waals surface area contributed by atoms with E-state index in [4.69, 9.17) is 14.5 Å². The molecule has 4 nitrogen and oxygen atoms in total. The van der Waals surface area contributed by atoms with Crippen LogP contribution in [0.4, 0.5) is 8.78 Å². The normalized spacial score (nSPS) is 12.1. The van der Waals surface area contributed by atoms with Crippen molar-refractivity contribution >= 4 is 11.0 Å². The summed E-state index contributed by atoms with van der Waals surface area (Å²) in [6, 6.07) is 16.8. The largest absolute Gasteiger partial charge is 0.494 e. The summed E-state index contributed by atoms with van der Waals surface area (Å²) in [6.07, 6.45) is 0.868. The molecular formula is C25H24F2N2O2. The van der Waals surface area contributed by atoms with Crippen LogP contribution < -0.4 is 9.47 Å². The van der Waals surface area contributed by atoms with Gasteiger partial charge in [-0.05, 0) is 61.4 Å². The second-order valence-corrected chi connectivity index (χ2v) is 7.29. The lowest BCUT2D eigenvalue weighted by atomic mass is 9.96. The molecule has 0 aliphatic carbocycles. The van der Waals surface area contributed by atoms with E-state index in [1.54, 1.807) is 0 Å². The van der Waals surface area contributed by atoms with Gasteiger partial charge in [0.1, 0.15) is 35.6 Å². The quantitative estimate of drug-likeness (QED) is 0.359. The van der Waals surface area contributed by atoms with Gasteiger partial charge in [-0.2, -0.15) is 0 Å². The lowest BCUT2D eigenvalue weighted by molar-refractivity contribution is 0.299. The number of nitrogens with one attached hydrogen (secondary N) is 1.